The predicted octanol–water partition coefficient (Wildman–Crippen LogP) is 10.8. The van der Waals surface area contributed by atoms with Gasteiger partial charge in [-0.3, -0.25) is 0 Å². The van der Waals surface area contributed by atoms with Gasteiger partial charge < -0.3 is 0 Å². The first-order chi connectivity index (χ1) is 24.5. The molecule has 5 aromatic rings. The van der Waals surface area contributed by atoms with E-state index in [0.29, 0.717) is 16.8 Å². The van der Waals surface area contributed by atoms with Crippen molar-refractivity contribution < 1.29 is 0 Å². The minimum atomic E-state index is 0.221. The number of rotatable bonds is 5. The van der Waals surface area contributed by atoms with Crippen LogP contribution in [-0.2, 0) is 10.8 Å². The lowest BCUT2D eigenvalue weighted by Crippen LogP contribution is -2.48. The predicted molar refractivity (Wildman–Crippen MR) is 198 cm³/mol. The maximum atomic E-state index is 9.93. The van der Waals surface area contributed by atoms with Gasteiger partial charge in [0.15, 0.2) is 17.5 Å². The Labute approximate surface area is 295 Å². The minimum Gasteiger partial charge on any atom is -0.208 e. The van der Waals surface area contributed by atoms with Gasteiger partial charge in [-0.05, 0) is 146 Å². The summed E-state index contributed by atoms with van der Waals surface area (Å²) in [4.78, 5) is 15.9. The summed E-state index contributed by atoms with van der Waals surface area (Å²) < 4.78 is 0. The van der Waals surface area contributed by atoms with Crippen molar-refractivity contribution in [2.75, 3.05) is 0 Å². The van der Waals surface area contributed by atoms with Crippen LogP contribution in [0.3, 0.4) is 0 Å². The van der Waals surface area contributed by atoms with Crippen LogP contribution in [0.2, 0.25) is 0 Å². The third-order valence-corrected chi connectivity index (χ3v) is 14.5. The van der Waals surface area contributed by atoms with Crippen molar-refractivity contribution in [3.8, 4) is 40.2 Å². The molecule has 8 aliphatic carbocycles. The van der Waals surface area contributed by atoms with E-state index in [1.165, 1.54) is 93.7 Å². The quantitative estimate of drug-likeness (QED) is 0.190. The molecule has 0 radical (unpaired) electrons. The lowest BCUT2D eigenvalue weighted by Gasteiger charge is -2.57. The molecule has 8 aliphatic rings. The van der Waals surface area contributed by atoms with E-state index in [1.54, 1.807) is 0 Å². The zero-order valence-corrected chi connectivity index (χ0v) is 28.8. The van der Waals surface area contributed by atoms with Crippen molar-refractivity contribution in [2.24, 2.45) is 35.5 Å². The van der Waals surface area contributed by atoms with Crippen LogP contribution in [-0.4, -0.2) is 15.0 Å². The molecule has 0 amide bonds. The van der Waals surface area contributed by atoms with Gasteiger partial charge >= 0.3 is 0 Å². The van der Waals surface area contributed by atoms with Gasteiger partial charge in [0, 0.05) is 22.1 Å². The van der Waals surface area contributed by atoms with Crippen LogP contribution in [0, 0.1) is 46.8 Å². The summed E-state index contributed by atoms with van der Waals surface area (Å²) in [5.74, 6) is 7.52. The van der Waals surface area contributed by atoms with Crippen LogP contribution in [0.25, 0.3) is 44.9 Å². The third-order valence-electron chi connectivity index (χ3n) is 14.5. The molecule has 0 saturated heterocycles. The first-order valence-corrected chi connectivity index (χ1v) is 19.4. The third kappa shape index (κ3) is 4.51. The summed E-state index contributed by atoms with van der Waals surface area (Å²) in [6, 6.07) is 33.0. The Morgan fingerprint density at radius 2 is 0.980 bits per heavy atom. The van der Waals surface area contributed by atoms with Crippen LogP contribution in [0.4, 0.5) is 0 Å². The second-order valence-electron chi connectivity index (χ2n) is 17.6. The lowest BCUT2D eigenvalue weighted by molar-refractivity contribution is -0.00523. The van der Waals surface area contributed by atoms with Gasteiger partial charge in [-0.15, -0.1) is 0 Å². The molecule has 4 nitrogen and oxygen atoms in total. The second kappa shape index (κ2) is 10.8. The van der Waals surface area contributed by atoms with E-state index in [0.717, 1.165) is 69.1 Å². The van der Waals surface area contributed by atoms with Crippen molar-refractivity contribution in [2.45, 2.75) is 87.9 Å². The van der Waals surface area contributed by atoms with Crippen LogP contribution in [0.15, 0.2) is 84.9 Å². The number of fused-ring (bicyclic) bond motifs is 1. The first-order valence-electron chi connectivity index (χ1n) is 19.4. The Hall–Kier alpha value is -4.36. The number of nitriles is 1. The zero-order valence-electron chi connectivity index (χ0n) is 28.8. The van der Waals surface area contributed by atoms with E-state index < -0.39 is 0 Å². The van der Waals surface area contributed by atoms with Gasteiger partial charge in [-0.1, -0.05) is 78.9 Å². The fourth-order valence-corrected chi connectivity index (χ4v) is 13.4. The monoisotopic (exact) mass is 652 g/mol. The Morgan fingerprint density at radius 3 is 1.60 bits per heavy atom. The highest BCUT2D eigenvalue weighted by molar-refractivity contribution is 5.98. The summed E-state index contributed by atoms with van der Waals surface area (Å²) in [6.45, 7) is 0. The van der Waals surface area contributed by atoms with E-state index in [1.807, 2.05) is 24.3 Å². The smallest absolute Gasteiger partial charge is 0.164 e. The molecule has 4 aromatic carbocycles. The Morgan fingerprint density at radius 1 is 0.480 bits per heavy atom. The zero-order chi connectivity index (χ0) is 33.0. The number of hydrogen-bond donors (Lipinski definition) is 0. The molecule has 4 heteroatoms. The maximum absolute atomic E-state index is 9.93. The Balaban J connectivity index is 1.06. The molecular formula is C46H44N4. The van der Waals surface area contributed by atoms with E-state index in [-0.39, 0.29) is 5.41 Å². The SMILES string of the molecule is N#Cc1cccc2c(-c3nc(-c4ccc(C56CC7CC(CC(C7)C5)C6)cc4)nc(-c4ccccc4C45CC6CC(CC(C6)C4)C5)n3)cccc12. The summed E-state index contributed by atoms with van der Waals surface area (Å²) in [5, 5.41) is 11.9. The number of aromatic nitrogens is 3. The standard InChI is InChI=1S/C46H44N4/c47-27-35-5-3-8-38-37(35)7-4-9-39(38)43-48-42(34-11-13-36(14-12-34)45-21-28-15-29(22-45)17-30(16-28)23-45)49-44(50-43)40-6-1-2-10-41(40)46-24-31-18-32(25-46)20-33(19-31)26-46/h1-14,28-33H,15-26H2. The maximum Gasteiger partial charge on any atom is 0.164 e. The van der Waals surface area contributed by atoms with E-state index in [2.05, 4.69) is 66.7 Å². The van der Waals surface area contributed by atoms with Gasteiger partial charge in [0.25, 0.3) is 0 Å². The molecule has 0 aliphatic heterocycles. The summed E-state index contributed by atoms with van der Waals surface area (Å²) in [7, 11) is 0. The molecule has 8 bridgehead atoms. The largest absolute Gasteiger partial charge is 0.208 e. The number of benzene rings is 4. The molecule has 8 saturated carbocycles. The van der Waals surface area contributed by atoms with Crippen molar-refractivity contribution in [1.29, 1.82) is 5.26 Å². The molecule has 0 spiro atoms. The molecule has 13 rings (SSSR count). The molecule has 8 fully saturated rings. The van der Waals surface area contributed by atoms with Gasteiger partial charge in [-0.2, -0.15) is 5.26 Å². The van der Waals surface area contributed by atoms with Gasteiger partial charge in [-0.25, -0.2) is 15.0 Å². The number of hydrogen-bond acceptors (Lipinski definition) is 4. The normalized spacial score (nSPS) is 33.2. The van der Waals surface area contributed by atoms with Crippen molar-refractivity contribution in [3.63, 3.8) is 0 Å². The fraction of sp³-hybridized carbons (Fsp3) is 0.435. The molecule has 1 aromatic heterocycles. The molecule has 0 unspecified atom stereocenters. The van der Waals surface area contributed by atoms with E-state index >= 15 is 0 Å². The molecular weight excluding hydrogens is 609 g/mol. The fourth-order valence-electron chi connectivity index (χ4n) is 13.4. The highest BCUT2D eigenvalue weighted by atomic mass is 15.0. The van der Waals surface area contributed by atoms with Crippen molar-refractivity contribution in [3.05, 3.63) is 102 Å². The molecule has 50 heavy (non-hydrogen) atoms. The van der Waals surface area contributed by atoms with Crippen LogP contribution < -0.4 is 0 Å². The molecule has 0 N–H and O–H groups in total. The van der Waals surface area contributed by atoms with Gasteiger partial charge in [0.1, 0.15) is 0 Å². The highest BCUT2D eigenvalue weighted by Gasteiger charge is 2.53. The molecule has 0 atom stereocenters. The van der Waals surface area contributed by atoms with Gasteiger partial charge in [0.05, 0.1) is 11.6 Å². The topological polar surface area (TPSA) is 62.5 Å². The van der Waals surface area contributed by atoms with Gasteiger partial charge in [0.2, 0.25) is 0 Å². The van der Waals surface area contributed by atoms with Crippen molar-refractivity contribution in [1.82, 2.24) is 15.0 Å². The van der Waals surface area contributed by atoms with Crippen LogP contribution in [0.5, 0.6) is 0 Å². The Kier molecular flexibility index (Phi) is 6.36. The highest BCUT2D eigenvalue weighted by Crippen LogP contribution is 2.62. The second-order valence-corrected chi connectivity index (χ2v) is 17.6. The Bertz CT molecular complexity index is 2140. The van der Waals surface area contributed by atoms with E-state index in [9.17, 15) is 5.26 Å². The van der Waals surface area contributed by atoms with Crippen LogP contribution in [0.1, 0.15) is 93.7 Å². The average Bonchev–Trinajstić information content (AvgIpc) is 3.13. The minimum absolute atomic E-state index is 0.221. The van der Waals surface area contributed by atoms with Crippen molar-refractivity contribution >= 4 is 10.8 Å². The first kappa shape index (κ1) is 29.4. The summed E-state index contributed by atoms with van der Waals surface area (Å²) in [5.41, 5.74) is 7.40. The average molecular weight is 653 g/mol. The lowest BCUT2D eigenvalue weighted by atomic mass is 9.47. The van der Waals surface area contributed by atoms with Crippen LogP contribution >= 0.6 is 0 Å². The van der Waals surface area contributed by atoms with E-state index in [4.69, 9.17) is 15.0 Å². The number of nitrogens with zero attached hydrogens (tertiary/aromatic N) is 4. The molecule has 248 valence electrons. The summed E-state index contributed by atoms with van der Waals surface area (Å²) in [6.07, 6.45) is 16.6. The molecule has 1 heterocycles. The summed E-state index contributed by atoms with van der Waals surface area (Å²) >= 11 is 0.